The third kappa shape index (κ3) is 4.59. The van der Waals surface area contributed by atoms with Crippen LogP contribution in [0.2, 0.25) is 0 Å². The van der Waals surface area contributed by atoms with E-state index in [1.54, 1.807) is 4.90 Å². The SMILES string of the molecule is Cc1cc(C(C)(C)C)cc(C)c1CS(=O)(=O)CC(=O)N1CCCC1. The van der Waals surface area contributed by atoms with E-state index in [0.29, 0.717) is 13.1 Å². The molecule has 1 aliphatic rings. The summed E-state index contributed by atoms with van der Waals surface area (Å²) in [6.07, 6.45) is 1.94. The van der Waals surface area contributed by atoms with Crippen LogP contribution >= 0.6 is 0 Å². The predicted molar refractivity (Wildman–Crippen MR) is 97.9 cm³/mol. The Balaban J connectivity index is 2.18. The molecule has 2 rings (SSSR count). The lowest BCUT2D eigenvalue weighted by molar-refractivity contribution is -0.127. The molecule has 0 unspecified atom stereocenters. The van der Waals surface area contributed by atoms with Crippen LogP contribution < -0.4 is 0 Å². The van der Waals surface area contributed by atoms with E-state index in [0.717, 1.165) is 29.5 Å². The summed E-state index contributed by atoms with van der Waals surface area (Å²) in [5, 5.41) is 0. The van der Waals surface area contributed by atoms with Gasteiger partial charge in [0.25, 0.3) is 0 Å². The minimum absolute atomic E-state index is 0.0264. The normalized spacial score (nSPS) is 15.8. The van der Waals surface area contributed by atoms with E-state index in [9.17, 15) is 13.2 Å². The van der Waals surface area contributed by atoms with Crippen LogP contribution in [0.3, 0.4) is 0 Å². The molecule has 4 nitrogen and oxygen atoms in total. The third-order valence-corrected chi connectivity index (χ3v) is 6.14. The Labute approximate surface area is 146 Å². The maximum absolute atomic E-state index is 12.5. The van der Waals surface area contributed by atoms with Crippen molar-refractivity contribution in [1.82, 2.24) is 4.90 Å². The molecule has 0 spiro atoms. The zero-order chi connectivity index (χ0) is 18.1. The highest BCUT2D eigenvalue weighted by molar-refractivity contribution is 7.91. The van der Waals surface area contributed by atoms with Crippen LogP contribution in [0, 0.1) is 13.8 Å². The van der Waals surface area contributed by atoms with Crippen molar-refractivity contribution in [3.8, 4) is 0 Å². The van der Waals surface area contributed by atoms with E-state index in [4.69, 9.17) is 0 Å². The summed E-state index contributed by atoms with van der Waals surface area (Å²) in [7, 11) is -3.46. The largest absolute Gasteiger partial charge is 0.342 e. The van der Waals surface area contributed by atoms with Gasteiger partial charge in [-0.1, -0.05) is 32.9 Å². The van der Waals surface area contributed by atoms with Crippen LogP contribution in [0.15, 0.2) is 12.1 Å². The second-order valence-corrected chi connectivity index (χ2v) is 10.0. The summed E-state index contributed by atoms with van der Waals surface area (Å²) >= 11 is 0. The predicted octanol–water partition coefficient (Wildman–Crippen LogP) is 3.14. The van der Waals surface area contributed by atoms with Gasteiger partial charge in [-0.05, 0) is 54.4 Å². The molecule has 0 bridgehead atoms. The van der Waals surface area contributed by atoms with Crippen molar-refractivity contribution >= 4 is 15.7 Å². The Hall–Kier alpha value is -1.36. The Morgan fingerprint density at radius 2 is 1.58 bits per heavy atom. The molecular formula is C19H29NO3S. The average Bonchev–Trinajstić information content (AvgIpc) is 2.95. The van der Waals surface area contributed by atoms with Gasteiger partial charge in [0.2, 0.25) is 5.91 Å². The van der Waals surface area contributed by atoms with Gasteiger partial charge in [0.1, 0.15) is 5.75 Å². The second kappa shape index (κ2) is 6.87. The first-order chi connectivity index (χ1) is 11.0. The first-order valence-electron chi connectivity index (χ1n) is 8.58. The lowest BCUT2D eigenvalue weighted by Gasteiger charge is -2.22. The Morgan fingerprint density at radius 3 is 2.04 bits per heavy atom. The highest BCUT2D eigenvalue weighted by atomic mass is 32.2. The number of amides is 1. The molecule has 0 aromatic heterocycles. The number of hydrogen-bond acceptors (Lipinski definition) is 3. The molecule has 0 N–H and O–H groups in total. The van der Waals surface area contributed by atoms with Crippen molar-refractivity contribution in [3.63, 3.8) is 0 Å². The Morgan fingerprint density at radius 1 is 1.08 bits per heavy atom. The second-order valence-electron chi connectivity index (χ2n) is 7.96. The summed E-state index contributed by atoms with van der Waals surface area (Å²) in [5.74, 6) is -0.698. The van der Waals surface area contributed by atoms with Crippen LogP contribution in [0.1, 0.15) is 55.9 Å². The number of likely N-dealkylation sites (tertiary alicyclic amines) is 1. The number of sulfone groups is 1. The molecule has 134 valence electrons. The lowest BCUT2D eigenvalue weighted by Crippen LogP contribution is -2.33. The average molecular weight is 352 g/mol. The van der Waals surface area contributed by atoms with Crippen LogP contribution in [-0.4, -0.2) is 38.1 Å². The highest BCUT2D eigenvalue weighted by Crippen LogP contribution is 2.28. The number of nitrogens with zero attached hydrogens (tertiary/aromatic N) is 1. The fourth-order valence-electron chi connectivity index (χ4n) is 3.17. The third-order valence-electron chi connectivity index (χ3n) is 4.73. The molecule has 1 aromatic carbocycles. The molecule has 5 heteroatoms. The smallest absolute Gasteiger partial charge is 0.237 e. The van der Waals surface area contributed by atoms with Gasteiger partial charge < -0.3 is 4.90 Å². The monoisotopic (exact) mass is 351 g/mol. The molecule has 0 atom stereocenters. The number of carbonyl (C=O) groups excluding carboxylic acids is 1. The van der Waals surface area contributed by atoms with Crippen LogP contribution in [0.25, 0.3) is 0 Å². The molecule has 1 amide bonds. The van der Waals surface area contributed by atoms with E-state index in [1.807, 2.05) is 13.8 Å². The first-order valence-corrected chi connectivity index (χ1v) is 10.4. The Bertz CT molecular complexity index is 700. The van der Waals surface area contributed by atoms with Crippen molar-refractivity contribution in [2.75, 3.05) is 18.8 Å². The standard InChI is InChI=1S/C19H29NO3S/c1-14-10-16(19(3,4)5)11-15(2)17(14)12-24(22,23)13-18(21)20-8-6-7-9-20/h10-11H,6-9,12-13H2,1-5H3. The summed E-state index contributed by atoms with van der Waals surface area (Å²) in [6, 6.07) is 4.14. The summed E-state index contributed by atoms with van der Waals surface area (Å²) < 4.78 is 25.0. The molecule has 1 aliphatic heterocycles. The molecule has 0 radical (unpaired) electrons. The van der Waals surface area contributed by atoms with Gasteiger partial charge in [-0.25, -0.2) is 8.42 Å². The van der Waals surface area contributed by atoms with Crippen molar-refractivity contribution < 1.29 is 13.2 Å². The number of hydrogen-bond donors (Lipinski definition) is 0. The van der Waals surface area contributed by atoms with Gasteiger partial charge in [0, 0.05) is 13.1 Å². The van der Waals surface area contributed by atoms with Gasteiger partial charge in [-0.3, -0.25) is 4.79 Å². The van der Waals surface area contributed by atoms with Gasteiger partial charge in [-0.15, -0.1) is 0 Å². The van der Waals surface area contributed by atoms with Gasteiger partial charge >= 0.3 is 0 Å². The molecular weight excluding hydrogens is 322 g/mol. The van der Waals surface area contributed by atoms with E-state index in [1.165, 1.54) is 5.56 Å². The van der Waals surface area contributed by atoms with Crippen LogP contribution in [-0.2, 0) is 25.8 Å². The summed E-state index contributed by atoms with van der Waals surface area (Å²) in [5.41, 5.74) is 4.02. The van der Waals surface area contributed by atoms with E-state index >= 15 is 0 Å². The van der Waals surface area contributed by atoms with Crippen molar-refractivity contribution in [3.05, 3.63) is 34.4 Å². The highest BCUT2D eigenvalue weighted by Gasteiger charge is 2.25. The minimum atomic E-state index is -3.46. The van der Waals surface area contributed by atoms with Crippen LogP contribution in [0.4, 0.5) is 0 Å². The minimum Gasteiger partial charge on any atom is -0.342 e. The Kier molecular flexibility index (Phi) is 5.43. The summed E-state index contributed by atoms with van der Waals surface area (Å²) in [6.45, 7) is 11.7. The number of benzene rings is 1. The zero-order valence-electron chi connectivity index (χ0n) is 15.5. The molecule has 1 fully saturated rings. The van der Waals surface area contributed by atoms with Crippen molar-refractivity contribution in [1.29, 1.82) is 0 Å². The molecule has 1 heterocycles. The van der Waals surface area contributed by atoms with Gasteiger partial charge in [0.15, 0.2) is 9.84 Å². The van der Waals surface area contributed by atoms with E-state index in [-0.39, 0.29) is 22.8 Å². The maximum atomic E-state index is 12.5. The molecule has 0 saturated carbocycles. The van der Waals surface area contributed by atoms with Gasteiger partial charge in [0.05, 0.1) is 5.75 Å². The quantitative estimate of drug-likeness (QED) is 0.837. The molecule has 24 heavy (non-hydrogen) atoms. The first kappa shape index (κ1) is 19.0. The fourth-order valence-corrected chi connectivity index (χ4v) is 4.73. The lowest BCUT2D eigenvalue weighted by atomic mass is 9.84. The van der Waals surface area contributed by atoms with Crippen molar-refractivity contribution in [2.45, 2.75) is 58.6 Å². The molecule has 0 aliphatic carbocycles. The molecule has 1 saturated heterocycles. The topological polar surface area (TPSA) is 54.5 Å². The zero-order valence-corrected chi connectivity index (χ0v) is 16.3. The number of aryl methyl sites for hydroxylation is 2. The van der Waals surface area contributed by atoms with Crippen molar-refractivity contribution in [2.24, 2.45) is 0 Å². The van der Waals surface area contributed by atoms with E-state index < -0.39 is 9.84 Å². The number of carbonyl (C=O) groups is 1. The fraction of sp³-hybridized carbons (Fsp3) is 0.632. The van der Waals surface area contributed by atoms with Gasteiger partial charge in [-0.2, -0.15) is 0 Å². The number of rotatable bonds is 4. The summed E-state index contributed by atoms with van der Waals surface area (Å²) in [4.78, 5) is 13.8. The van der Waals surface area contributed by atoms with Crippen LogP contribution in [0.5, 0.6) is 0 Å². The maximum Gasteiger partial charge on any atom is 0.237 e. The van der Waals surface area contributed by atoms with E-state index in [2.05, 4.69) is 32.9 Å². The molecule has 1 aromatic rings.